The van der Waals surface area contributed by atoms with Crippen molar-refractivity contribution in [3.05, 3.63) is 75.3 Å². The highest BCUT2D eigenvalue weighted by Crippen LogP contribution is 2.18. The van der Waals surface area contributed by atoms with E-state index in [-0.39, 0.29) is 5.69 Å². The highest BCUT2D eigenvalue weighted by atomic mass is 35.5. The number of hydrogen-bond donors (Lipinski definition) is 1. The Morgan fingerprint density at radius 2 is 1.95 bits per heavy atom. The first-order chi connectivity index (χ1) is 10.1. The number of benzene rings is 2. The van der Waals surface area contributed by atoms with Crippen LogP contribution in [0.5, 0.6) is 0 Å². The largest absolute Gasteiger partial charge is 0.322 e. The fourth-order valence-corrected chi connectivity index (χ4v) is 1.86. The Bertz CT molecular complexity index is 714. The van der Waals surface area contributed by atoms with E-state index in [2.05, 4.69) is 5.32 Å². The number of amides is 1. The van der Waals surface area contributed by atoms with Crippen LogP contribution >= 0.6 is 11.6 Å². The summed E-state index contributed by atoms with van der Waals surface area (Å²) in [5.41, 5.74) is 0.995. The zero-order chi connectivity index (χ0) is 15.2. The van der Waals surface area contributed by atoms with E-state index in [4.69, 9.17) is 11.6 Å². The molecule has 0 aliphatic rings. The van der Waals surface area contributed by atoms with Gasteiger partial charge in [-0.05, 0) is 23.8 Å². The number of hydrogen-bond acceptors (Lipinski definition) is 3. The average molecular weight is 303 g/mol. The second-order valence-corrected chi connectivity index (χ2v) is 4.56. The van der Waals surface area contributed by atoms with Gasteiger partial charge < -0.3 is 5.32 Å². The summed E-state index contributed by atoms with van der Waals surface area (Å²) in [7, 11) is 0. The lowest BCUT2D eigenvalue weighted by Gasteiger charge is -2.02. The molecule has 0 saturated heterocycles. The molecule has 6 heteroatoms. The number of carbonyl (C=O) groups is 1. The fraction of sp³-hybridized carbons (Fsp3) is 0. The Hall–Kier alpha value is -2.66. The van der Waals surface area contributed by atoms with Gasteiger partial charge in [-0.25, -0.2) is 0 Å². The maximum Gasteiger partial charge on any atom is 0.271 e. The molecule has 0 bridgehead atoms. The lowest BCUT2D eigenvalue weighted by atomic mass is 10.2. The van der Waals surface area contributed by atoms with Crippen molar-refractivity contribution < 1.29 is 9.72 Å². The van der Waals surface area contributed by atoms with E-state index < -0.39 is 10.8 Å². The van der Waals surface area contributed by atoms with Crippen LogP contribution in [0.4, 0.5) is 11.4 Å². The Morgan fingerprint density at radius 1 is 1.19 bits per heavy atom. The van der Waals surface area contributed by atoms with Crippen LogP contribution in [0.2, 0.25) is 5.02 Å². The normalized spacial score (nSPS) is 10.5. The molecule has 0 radical (unpaired) electrons. The number of halogens is 1. The Kier molecular flexibility index (Phi) is 4.68. The average Bonchev–Trinajstić information content (AvgIpc) is 2.46. The molecule has 1 N–H and O–H groups in total. The van der Waals surface area contributed by atoms with Crippen molar-refractivity contribution in [3.8, 4) is 0 Å². The number of non-ortho nitro benzene ring substituents is 1. The van der Waals surface area contributed by atoms with E-state index >= 15 is 0 Å². The maximum absolute atomic E-state index is 11.8. The van der Waals surface area contributed by atoms with Gasteiger partial charge in [-0.15, -0.1) is 0 Å². The molecular formula is C15H11ClN2O3. The summed E-state index contributed by atoms with van der Waals surface area (Å²) >= 11 is 5.97. The van der Waals surface area contributed by atoms with Gasteiger partial charge in [0.2, 0.25) is 5.91 Å². The lowest BCUT2D eigenvalue weighted by molar-refractivity contribution is -0.384. The van der Waals surface area contributed by atoms with Crippen molar-refractivity contribution in [3.63, 3.8) is 0 Å². The summed E-state index contributed by atoms with van der Waals surface area (Å²) in [6, 6.07) is 12.8. The predicted molar refractivity (Wildman–Crippen MR) is 82.2 cm³/mol. The molecular weight excluding hydrogens is 292 g/mol. The predicted octanol–water partition coefficient (Wildman–Crippen LogP) is 3.90. The summed E-state index contributed by atoms with van der Waals surface area (Å²) in [6.45, 7) is 0. The summed E-state index contributed by atoms with van der Waals surface area (Å²) in [4.78, 5) is 21.9. The van der Waals surface area contributed by atoms with Crippen molar-refractivity contribution in [2.45, 2.75) is 0 Å². The Balaban J connectivity index is 2.07. The van der Waals surface area contributed by atoms with Crippen molar-refractivity contribution in [2.24, 2.45) is 0 Å². The highest BCUT2D eigenvalue weighted by molar-refractivity contribution is 6.32. The third-order valence-corrected chi connectivity index (χ3v) is 2.99. The molecule has 5 nitrogen and oxygen atoms in total. The minimum atomic E-state index is -0.519. The van der Waals surface area contributed by atoms with Gasteiger partial charge in [0.25, 0.3) is 5.69 Å². The summed E-state index contributed by atoms with van der Waals surface area (Å²) in [5, 5.41) is 13.7. The first-order valence-electron chi connectivity index (χ1n) is 6.04. The van der Waals surface area contributed by atoms with Gasteiger partial charge in [0, 0.05) is 28.9 Å². The fourth-order valence-electron chi connectivity index (χ4n) is 1.66. The quantitative estimate of drug-likeness (QED) is 0.529. The van der Waals surface area contributed by atoms with Gasteiger partial charge in [0.05, 0.1) is 4.92 Å². The molecule has 0 spiro atoms. The third kappa shape index (κ3) is 4.15. The second-order valence-electron chi connectivity index (χ2n) is 4.15. The molecule has 0 aromatic heterocycles. The molecule has 0 saturated carbocycles. The van der Waals surface area contributed by atoms with Crippen LogP contribution < -0.4 is 5.32 Å². The molecule has 0 fully saturated rings. The molecule has 0 heterocycles. The smallest absolute Gasteiger partial charge is 0.271 e. The van der Waals surface area contributed by atoms with Gasteiger partial charge in [-0.1, -0.05) is 35.9 Å². The molecule has 2 rings (SSSR count). The summed E-state index contributed by atoms with van der Waals surface area (Å²) < 4.78 is 0. The van der Waals surface area contributed by atoms with Gasteiger partial charge in [0.1, 0.15) is 0 Å². The highest BCUT2D eigenvalue weighted by Gasteiger charge is 2.06. The van der Waals surface area contributed by atoms with Gasteiger partial charge >= 0.3 is 0 Å². The zero-order valence-electron chi connectivity index (χ0n) is 10.8. The number of nitrogens with zero attached hydrogens (tertiary/aromatic N) is 1. The van der Waals surface area contributed by atoms with E-state index in [0.29, 0.717) is 16.3 Å². The van der Waals surface area contributed by atoms with Crippen molar-refractivity contribution >= 4 is 35.0 Å². The number of carbonyl (C=O) groups excluding carboxylic acids is 1. The number of nitro benzene ring substituents is 1. The van der Waals surface area contributed by atoms with E-state index in [1.165, 1.54) is 24.3 Å². The second kappa shape index (κ2) is 6.67. The molecule has 0 unspecified atom stereocenters. The van der Waals surface area contributed by atoms with Crippen molar-refractivity contribution in [1.82, 2.24) is 0 Å². The molecule has 0 aliphatic heterocycles. The van der Waals surface area contributed by atoms with E-state index in [9.17, 15) is 14.9 Å². The first-order valence-corrected chi connectivity index (χ1v) is 6.42. The monoisotopic (exact) mass is 302 g/mol. The summed E-state index contributed by atoms with van der Waals surface area (Å²) in [6.07, 6.45) is 2.90. The standard InChI is InChI=1S/C15H11ClN2O3/c16-14-7-2-1-4-11(14)8-9-15(19)17-12-5-3-6-13(10-12)18(20)21/h1-10H,(H,17,19). The molecule has 2 aromatic rings. The van der Waals surface area contributed by atoms with Crippen LogP contribution in [0.3, 0.4) is 0 Å². The number of anilines is 1. The molecule has 1 amide bonds. The van der Waals surface area contributed by atoms with Gasteiger partial charge in [0.15, 0.2) is 0 Å². The van der Waals surface area contributed by atoms with Crippen molar-refractivity contribution in [2.75, 3.05) is 5.32 Å². The molecule has 2 aromatic carbocycles. The molecule has 0 atom stereocenters. The number of rotatable bonds is 4. The molecule has 21 heavy (non-hydrogen) atoms. The zero-order valence-corrected chi connectivity index (χ0v) is 11.6. The van der Waals surface area contributed by atoms with Gasteiger partial charge in [-0.3, -0.25) is 14.9 Å². The van der Waals surface area contributed by atoms with Crippen LogP contribution in [-0.2, 0) is 4.79 Å². The molecule has 106 valence electrons. The van der Waals surface area contributed by atoms with E-state index in [1.807, 2.05) is 6.07 Å². The van der Waals surface area contributed by atoms with Crippen LogP contribution in [0, 0.1) is 10.1 Å². The maximum atomic E-state index is 11.8. The van der Waals surface area contributed by atoms with E-state index in [0.717, 1.165) is 0 Å². The van der Waals surface area contributed by atoms with Crippen LogP contribution in [0.25, 0.3) is 6.08 Å². The van der Waals surface area contributed by atoms with Crippen LogP contribution in [0.15, 0.2) is 54.6 Å². The van der Waals surface area contributed by atoms with Crippen molar-refractivity contribution in [1.29, 1.82) is 0 Å². The molecule has 0 aliphatic carbocycles. The SMILES string of the molecule is O=C(C=Cc1ccccc1Cl)Nc1cccc([N+](=O)[O-])c1. The minimum absolute atomic E-state index is 0.0807. The minimum Gasteiger partial charge on any atom is -0.322 e. The van der Waals surface area contributed by atoms with Crippen LogP contribution in [-0.4, -0.2) is 10.8 Å². The topological polar surface area (TPSA) is 72.2 Å². The Labute approximate surface area is 126 Å². The first kappa shape index (κ1) is 14.7. The lowest BCUT2D eigenvalue weighted by Crippen LogP contribution is -2.07. The Morgan fingerprint density at radius 3 is 2.67 bits per heavy atom. The number of nitrogens with one attached hydrogen (secondary N) is 1. The van der Waals surface area contributed by atoms with E-state index in [1.54, 1.807) is 30.3 Å². The van der Waals surface area contributed by atoms with Crippen LogP contribution in [0.1, 0.15) is 5.56 Å². The summed E-state index contributed by atoms with van der Waals surface area (Å²) in [5.74, 6) is -0.393. The third-order valence-electron chi connectivity index (χ3n) is 2.64. The van der Waals surface area contributed by atoms with Gasteiger partial charge in [-0.2, -0.15) is 0 Å². The number of nitro groups is 1.